The molecule has 0 bridgehead atoms. The van der Waals surface area contributed by atoms with Crippen molar-refractivity contribution in [1.29, 1.82) is 0 Å². The Morgan fingerprint density at radius 3 is 2.46 bits per heavy atom. The standard InChI is InChI=1S/C17H25BrN2O3.ClH/c1-3-22-15-8-13(18)14(9-16(15)23-4-2)20-17(21)12-7-5-6-11(12)10-19;/h8-9,11-12H,3-7,10,19H2,1-2H3,(H,20,21);1H/t11-,12-;/m1./s1. The summed E-state index contributed by atoms with van der Waals surface area (Å²) in [4.78, 5) is 12.6. The molecule has 1 aromatic carbocycles. The van der Waals surface area contributed by atoms with Crippen molar-refractivity contribution in [3.63, 3.8) is 0 Å². The van der Waals surface area contributed by atoms with Gasteiger partial charge < -0.3 is 20.5 Å². The van der Waals surface area contributed by atoms with Gasteiger partial charge in [0.2, 0.25) is 5.91 Å². The van der Waals surface area contributed by atoms with Crippen molar-refractivity contribution in [2.24, 2.45) is 17.6 Å². The van der Waals surface area contributed by atoms with Crippen LogP contribution in [-0.2, 0) is 4.79 Å². The van der Waals surface area contributed by atoms with Crippen LogP contribution in [0, 0.1) is 11.8 Å². The van der Waals surface area contributed by atoms with Crippen molar-refractivity contribution < 1.29 is 14.3 Å². The zero-order valence-corrected chi connectivity index (χ0v) is 16.5. The Kier molecular flexibility index (Phi) is 8.87. The van der Waals surface area contributed by atoms with Crippen LogP contribution in [0.1, 0.15) is 33.1 Å². The molecule has 136 valence electrons. The summed E-state index contributed by atoms with van der Waals surface area (Å²) < 4.78 is 12.0. The first-order valence-electron chi connectivity index (χ1n) is 8.20. The number of carbonyl (C=O) groups excluding carboxylic acids is 1. The molecule has 24 heavy (non-hydrogen) atoms. The minimum Gasteiger partial charge on any atom is -0.490 e. The summed E-state index contributed by atoms with van der Waals surface area (Å²) >= 11 is 3.50. The third-order valence-corrected chi connectivity index (χ3v) is 4.85. The van der Waals surface area contributed by atoms with Gasteiger partial charge in [0, 0.05) is 22.5 Å². The van der Waals surface area contributed by atoms with E-state index in [2.05, 4.69) is 21.2 Å². The fourth-order valence-corrected chi connectivity index (χ4v) is 3.48. The molecule has 1 amide bonds. The van der Waals surface area contributed by atoms with Crippen LogP contribution in [-0.4, -0.2) is 25.7 Å². The van der Waals surface area contributed by atoms with E-state index in [0.29, 0.717) is 36.9 Å². The number of rotatable bonds is 7. The van der Waals surface area contributed by atoms with Crippen LogP contribution in [0.5, 0.6) is 11.5 Å². The summed E-state index contributed by atoms with van der Waals surface area (Å²) in [6.45, 7) is 5.49. The lowest BCUT2D eigenvalue weighted by Crippen LogP contribution is -2.29. The van der Waals surface area contributed by atoms with Gasteiger partial charge in [-0.1, -0.05) is 6.42 Å². The predicted molar refractivity (Wildman–Crippen MR) is 102 cm³/mol. The highest BCUT2D eigenvalue weighted by Gasteiger charge is 2.32. The number of ether oxygens (including phenoxy) is 2. The minimum absolute atomic E-state index is 0. The van der Waals surface area contributed by atoms with E-state index in [9.17, 15) is 4.79 Å². The molecule has 7 heteroatoms. The van der Waals surface area contributed by atoms with Crippen LogP contribution < -0.4 is 20.5 Å². The third kappa shape index (κ3) is 5.01. The van der Waals surface area contributed by atoms with E-state index in [1.807, 2.05) is 26.0 Å². The number of hydrogen-bond donors (Lipinski definition) is 2. The van der Waals surface area contributed by atoms with Gasteiger partial charge in [-0.05, 0) is 55.1 Å². The second-order valence-electron chi connectivity index (χ2n) is 5.67. The predicted octanol–water partition coefficient (Wildman–Crippen LogP) is 3.98. The molecule has 0 heterocycles. The second-order valence-corrected chi connectivity index (χ2v) is 6.52. The number of halogens is 2. The molecule has 0 spiro atoms. The number of carbonyl (C=O) groups is 1. The monoisotopic (exact) mass is 420 g/mol. The maximum absolute atomic E-state index is 12.6. The first-order valence-corrected chi connectivity index (χ1v) is 9.00. The first-order chi connectivity index (χ1) is 11.1. The summed E-state index contributed by atoms with van der Waals surface area (Å²) in [5.41, 5.74) is 6.48. The Labute approximate surface area is 158 Å². The number of amides is 1. The topological polar surface area (TPSA) is 73.6 Å². The minimum atomic E-state index is -0.00554. The number of benzene rings is 1. The van der Waals surface area contributed by atoms with Crippen molar-refractivity contribution >= 4 is 39.9 Å². The molecular formula is C17H26BrClN2O3. The summed E-state index contributed by atoms with van der Waals surface area (Å²) in [7, 11) is 0. The maximum Gasteiger partial charge on any atom is 0.227 e. The lowest BCUT2D eigenvalue weighted by atomic mass is 9.95. The molecule has 1 fully saturated rings. The van der Waals surface area contributed by atoms with Crippen molar-refractivity contribution in [1.82, 2.24) is 0 Å². The highest BCUT2D eigenvalue weighted by Crippen LogP contribution is 2.38. The van der Waals surface area contributed by atoms with Crippen LogP contribution in [0.4, 0.5) is 5.69 Å². The number of hydrogen-bond acceptors (Lipinski definition) is 4. The molecule has 0 saturated heterocycles. The molecule has 1 aromatic rings. The number of nitrogens with one attached hydrogen (secondary N) is 1. The number of nitrogens with two attached hydrogens (primary N) is 1. The van der Waals surface area contributed by atoms with Crippen molar-refractivity contribution in [3.05, 3.63) is 16.6 Å². The maximum atomic E-state index is 12.6. The van der Waals surface area contributed by atoms with Gasteiger partial charge in [0.25, 0.3) is 0 Å². The number of anilines is 1. The van der Waals surface area contributed by atoms with Gasteiger partial charge in [0.05, 0.1) is 18.9 Å². The SMILES string of the molecule is CCOc1cc(Br)c(NC(=O)[C@@H]2CCC[C@@H]2CN)cc1OCC.Cl. The average Bonchev–Trinajstić information content (AvgIpc) is 3.00. The van der Waals surface area contributed by atoms with Crippen LogP contribution in [0.2, 0.25) is 0 Å². The van der Waals surface area contributed by atoms with Gasteiger partial charge in [-0.15, -0.1) is 12.4 Å². The zero-order chi connectivity index (χ0) is 16.8. The van der Waals surface area contributed by atoms with Gasteiger partial charge in [0.15, 0.2) is 11.5 Å². The van der Waals surface area contributed by atoms with E-state index in [1.54, 1.807) is 0 Å². The fourth-order valence-electron chi connectivity index (χ4n) is 3.06. The summed E-state index contributed by atoms with van der Waals surface area (Å²) in [5.74, 6) is 1.61. The summed E-state index contributed by atoms with van der Waals surface area (Å²) in [6.07, 6.45) is 3.00. The molecule has 0 aliphatic heterocycles. The smallest absolute Gasteiger partial charge is 0.227 e. The highest BCUT2D eigenvalue weighted by molar-refractivity contribution is 9.10. The van der Waals surface area contributed by atoms with Crippen LogP contribution >= 0.6 is 28.3 Å². The lowest BCUT2D eigenvalue weighted by Gasteiger charge is -2.19. The molecule has 0 radical (unpaired) electrons. The Bertz CT molecular complexity index is 557. The second kappa shape index (κ2) is 10.1. The average molecular weight is 422 g/mol. The van der Waals surface area contributed by atoms with E-state index in [4.69, 9.17) is 15.2 Å². The molecule has 1 saturated carbocycles. The normalized spacial score (nSPS) is 19.5. The zero-order valence-electron chi connectivity index (χ0n) is 14.1. The van der Waals surface area contributed by atoms with E-state index in [0.717, 1.165) is 23.7 Å². The van der Waals surface area contributed by atoms with E-state index >= 15 is 0 Å². The van der Waals surface area contributed by atoms with Crippen LogP contribution in [0.3, 0.4) is 0 Å². The van der Waals surface area contributed by atoms with E-state index in [1.165, 1.54) is 0 Å². The molecule has 1 aliphatic carbocycles. The van der Waals surface area contributed by atoms with Gasteiger partial charge >= 0.3 is 0 Å². The molecular weight excluding hydrogens is 396 g/mol. The largest absolute Gasteiger partial charge is 0.490 e. The molecule has 0 unspecified atom stereocenters. The van der Waals surface area contributed by atoms with Crippen molar-refractivity contribution in [3.8, 4) is 11.5 Å². The summed E-state index contributed by atoms with van der Waals surface area (Å²) in [6, 6.07) is 3.64. The molecule has 5 nitrogen and oxygen atoms in total. The molecule has 1 aliphatic rings. The van der Waals surface area contributed by atoms with Gasteiger partial charge in [-0.25, -0.2) is 0 Å². The molecule has 2 atom stereocenters. The first kappa shape index (κ1) is 21.1. The summed E-state index contributed by atoms with van der Waals surface area (Å²) in [5, 5.41) is 3.01. The quantitative estimate of drug-likeness (QED) is 0.698. The Morgan fingerprint density at radius 1 is 1.25 bits per heavy atom. The van der Waals surface area contributed by atoms with Crippen LogP contribution in [0.25, 0.3) is 0 Å². The van der Waals surface area contributed by atoms with Gasteiger partial charge in [-0.3, -0.25) is 4.79 Å². The van der Waals surface area contributed by atoms with Crippen LogP contribution in [0.15, 0.2) is 16.6 Å². The lowest BCUT2D eigenvalue weighted by molar-refractivity contribution is -0.120. The Balaban J connectivity index is 0.00000288. The van der Waals surface area contributed by atoms with Gasteiger partial charge in [0.1, 0.15) is 0 Å². The van der Waals surface area contributed by atoms with Crippen molar-refractivity contribution in [2.45, 2.75) is 33.1 Å². The third-order valence-electron chi connectivity index (χ3n) is 4.19. The molecule has 3 N–H and O–H groups in total. The Hall–Kier alpha value is -0.980. The van der Waals surface area contributed by atoms with E-state index in [-0.39, 0.29) is 30.2 Å². The van der Waals surface area contributed by atoms with E-state index < -0.39 is 0 Å². The highest BCUT2D eigenvalue weighted by atomic mass is 79.9. The Morgan fingerprint density at radius 2 is 1.88 bits per heavy atom. The van der Waals surface area contributed by atoms with Gasteiger partial charge in [-0.2, -0.15) is 0 Å². The fraction of sp³-hybridized carbons (Fsp3) is 0.588. The molecule has 0 aromatic heterocycles. The molecule has 2 rings (SSSR count). The van der Waals surface area contributed by atoms with Crippen molar-refractivity contribution in [2.75, 3.05) is 25.1 Å².